The molecule has 1 N–H and O–H groups in total. The predicted octanol–water partition coefficient (Wildman–Crippen LogP) is 4.70. The SMILES string of the molecule is Cc1cc(C(=O)CSc2nnc(-c3ccc(C(C)(C)C)cc3)n2C)c(C)[nH]1. The van der Waals surface area contributed by atoms with Crippen molar-refractivity contribution in [3.63, 3.8) is 0 Å². The lowest BCUT2D eigenvalue weighted by molar-refractivity contribution is 0.102. The van der Waals surface area contributed by atoms with Crippen molar-refractivity contribution in [1.29, 1.82) is 0 Å². The monoisotopic (exact) mass is 382 g/mol. The average molecular weight is 383 g/mol. The molecule has 0 bridgehead atoms. The maximum Gasteiger partial charge on any atom is 0.191 e. The normalized spacial score (nSPS) is 11.8. The van der Waals surface area contributed by atoms with E-state index in [1.807, 2.05) is 31.5 Å². The van der Waals surface area contributed by atoms with Gasteiger partial charge in [-0.05, 0) is 30.9 Å². The number of nitrogens with zero attached hydrogens (tertiary/aromatic N) is 3. The quantitative estimate of drug-likeness (QED) is 0.513. The Morgan fingerprint density at radius 2 is 1.81 bits per heavy atom. The Morgan fingerprint density at radius 3 is 2.37 bits per heavy atom. The largest absolute Gasteiger partial charge is 0.362 e. The fourth-order valence-electron chi connectivity index (χ4n) is 3.03. The molecule has 2 aromatic heterocycles. The van der Waals surface area contributed by atoms with Gasteiger partial charge in [-0.15, -0.1) is 10.2 Å². The molecule has 0 atom stereocenters. The van der Waals surface area contributed by atoms with Crippen LogP contribution < -0.4 is 0 Å². The predicted molar refractivity (Wildman–Crippen MR) is 110 cm³/mol. The Kier molecular flexibility index (Phi) is 5.29. The molecule has 3 rings (SSSR count). The van der Waals surface area contributed by atoms with E-state index in [4.69, 9.17) is 0 Å². The summed E-state index contributed by atoms with van der Waals surface area (Å²) < 4.78 is 1.94. The molecule has 0 amide bonds. The lowest BCUT2D eigenvalue weighted by Gasteiger charge is -2.19. The van der Waals surface area contributed by atoms with Gasteiger partial charge < -0.3 is 9.55 Å². The Balaban J connectivity index is 1.74. The molecule has 0 aliphatic rings. The van der Waals surface area contributed by atoms with Crippen molar-refractivity contribution in [3.05, 3.63) is 52.8 Å². The molecule has 0 aliphatic carbocycles. The van der Waals surface area contributed by atoms with Crippen LogP contribution in [0.5, 0.6) is 0 Å². The number of aryl methyl sites for hydroxylation is 2. The van der Waals surface area contributed by atoms with Crippen LogP contribution in [0.1, 0.15) is 48.1 Å². The number of hydrogen-bond acceptors (Lipinski definition) is 4. The number of aromatic amines is 1. The lowest BCUT2D eigenvalue weighted by atomic mass is 9.87. The molecule has 142 valence electrons. The molecule has 0 saturated carbocycles. The third-order valence-corrected chi connectivity index (χ3v) is 5.65. The highest BCUT2D eigenvalue weighted by Gasteiger charge is 2.17. The van der Waals surface area contributed by atoms with Gasteiger partial charge in [-0.25, -0.2) is 0 Å². The Labute approximate surface area is 164 Å². The van der Waals surface area contributed by atoms with Gasteiger partial charge in [0.05, 0.1) is 5.75 Å². The molecule has 27 heavy (non-hydrogen) atoms. The summed E-state index contributed by atoms with van der Waals surface area (Å²) in [5, 5.41) is 9.34. The zero-order chi connectivity index (χ0) is 19.8. The number of Topliss-reactive ketones (excluding diaryl/α,β-unsaturated/α-hetero) is 1. The summed E-state index contributed by atoms with van der Waals surface area (Å²) in [6, 6.07) is 10.3. The van der Waals surface area contributed by atoms with Crippen LogP contribution in [0, 0.1) is 13.8 Å². The number of aromatic nitrogens is 4. The van der Waals surface area contributed by atoms with Gasteiger partial charge in [0.25, 0.3) is 0 Å². The molecule has 0 spiro atoms. The number of carbonyl (C=O) groups is 1. The number of rotatable bonds is 5. The number of H-pyrrole nitrogens is 1. The molecule has 2 heterocycles. The van der Waals surface area contributed by atoms with E-state index in [0.717, 1.165) is 33.5 Å². The highest BCUT2D eigenvalue weighted by molar-refractivity contribution is 7.99. The number of benzene rings is 1. The third kappa shape index (κ3) is 4.16. The fraction of sp³-hybridized carbons (Fsp3) is 0.381. The topological polar surface area (TPSA) is 63.6 Å². The van der Waals surface area contributed by atoms with Crippen LogP contribution in [0.3, 0.4) is 0 Å². The maximum atomic E-state index is 12.5. The lowest BCUT2D eigenvalue weighted by Crippen LogP contribution is -2.10. The first kappa shape index (κ1) is 19.4. The summed E-state index contributed by atoms with van der Waals surface area (Å²) >= 11 is 1.42. The van der Waals surface area contributed by atoms with Crippen LogP contribution in [0.25, 0.3) is 11.4 Å². The summed E-state index contributed by atoms with van der Waals surface area (Å²) in [7, 11) is 1.94. The van der Waals surface area contributed by atoms with Crippen molar-refractivity contribution >= 4 is 17.5 Å². The van der Waals surface area contributed by atoms with Gasteiger partial charge in [-0.1, -0.05) is 56.8 Å². The van der Waals surface area contributed by atoms with Crippen LogP contribution in [-0.4, -0.2) is 31.3 Å². The molecule has 5 nitrogen and oxygen atoms in total. The Bertz CT molecular complexity index is 961. The molecular formula is C21H26N4OS. The molecule has 0 radical (unpaired) electrons. The van der Waals surface area contributed by atoms with Crippen LogP contribution in [0.15, 0.2) is 35.5 Å². The van der Waals surface area contributed by atoms with E-state index in [0.29, 0.717) is 5.75 Å². The van der Waals surface area contributed by atoms with E-state index >= 15 is 0 Å². The summed E-state index contributed by atoms with van der Waals surface area (Å²) in [6.45, 7) is 10.5. The van der Waals surface area contributed by atoms with Crippen molar-refractivity contribution in [2.45, 2.75) is 45.2 Å². The molecular weight excluding hydrogens is 356 g/mol. The van der Waals surface area contributed by atoms with Gasteiger partial charge in [-0.2, -0.15) is 0 Å². The van der Waals surface area contributed by atoms with Crippen LogP contribution in [0.2, 0.25) is 0 Å². The fourth-order valence-corrected chi connectivity index (χ4v) is 3.83. The van der Waals surface area contributed by atoms with Crippen molar-refractivity contribution in [1.82, 2.24) is 19.7 Å². The van der Waals surface area contributed by atoms with Gasteiger partial charge in [0.1, 0.15) is 0 Å². The van der Waals surface area contributed by atoms with Crippen molar-refractivity contribution < 1.29 is 4.79 Å². The number of thioether (sulfide) groups is 1. The highest BCUT2D eigenvalue weighted by Crippen LogP contribution is 2.27. The third-order valence-electron chi connectivity index (χ3n) is 4.63. The van der Waals surface area contributed by atoms with Gasteiger partial charge >= 0.3 is 0 Å². The molecule has 0 aliphatic heterocycles. The minimum absolute atomic E-state index is 0.0981. The van der Waals surface area contributed by atoms with E-state index < -0.39 is 0 Å². The van der Waals surface area contributed by atoms with Crippen molar-refractivity contribution in [2.24, 2.45) is 7.05 Å². The minimum Gasteiger partial charge on any atom is -0.362 e. The molecule has 0 saturated heterocycles. The zero-order valence-corrected chi connectivity index (χ0v) is 17.6. The van der Waals surface area contributed by atoms with E-state index in [-0.39, 0.29) is 11.2 Å². The van der Waals surface area contributed by atoms with Crippen molar-refractivity contribution in [3.8, 4) is 11.4 Å². The van der Waals surface area contributed by atoms with Crippen LogP contribution in [-0.2, 0) is 12.5 Å². The van der Waals surface area contributed by atoms with Gasteiger partial charge in [-0.3, -0.25) is 4.79 Å². The van der Waals surface area contributed by atoms with Gasteiger partial charge in [0.15, 0.2) is 16.8 Å². The number of nitrogens with one attached hydrogen (secondary N) is 1. The summed E-state index contributed by atoms with van der Waals surface area (Å²) in [5.41, 5.74) is 5.09. The molecule has 3 aromatic rings. The second kappa shape index (κ2) is 7.35. The van der Waals surface area contributed by atoms with Gasteiger partial charge in [0, 0.05) is 29.6 Å². The molecule has 1 aromatic carbocycles. The zero-order valence-electron chi connectivity index (χ0n) is 16.8. The van der Waals surface area contributed by atoms with E-state index in [2.05, 4.69) is 60.2 Å². The average Bonchev–Trinajstić information content (AvgIpc) is 3.14. The first-order valence-electron chi connectivity index (χ1n) is 8.99. The summed E-state index contributed by atoms with van der Waals surface area (Å²) in [6.07, 6.45) is 0. The second-order valence-electron chi connectivity index (χ2n) is 7.90. The molecule has 0 fully saturated rings. The standard InChI is InChI=1S/C21H26N4OS/c1-13-11-17(14(2)22-13)18(26)12-27-20-24-23-19(25(20)6)15-7-9-16(10-8-15)21(3,4)5/h7-11,22H,12H2,1-6H3. The number of hydrogen-bond donors (Lipinski definition) is 1. The summed E-state index contributed by atoms with van der Waals surface area (Å²) in [5.74, 6) is 1.24. The van der Waals surface area contributed by atoms with E-state index in [1.165, 1.54) is 17.3 Å². The van der Waals surface area contributed by atoms with E-state index in [1.54, 1.807) is 0 Å². The minimum atomic E-state index is 0.0981. The first-order valence-corrected chi connectivity index (χ1v) is 9.98. The first-order chi connectivity index (χ1) is 12.7. The number of ketones is 1. The van der Waals surface area contributed by atoms with Gasteiger partial charge in [0.2, 0.25) is 0 Å². The maximum absolute atomic E-state index is 12.5. The van der Waals surface area contributed by atoms with Crippen molar-refractivity contribution in [2.75, 3.05) is 5.75 Å². The smallest absolute Gasteiger partial charge is 0.191 e. The van der Waals surface area contributed by atoms with Crippen LogP contribution >= 0.6 is 11.8 Å². The Hall–Kier alpha value is -2.34. The molecule has 6 heteroatoms. The molecule has 0 unspecified atom stereocenters. The highest BCUT2D eigenvalue weighted by atomic mass is 32.2. The Morgan fingerprint density at radius 1 is 1.15 bits per heavy atom. The number of carbonyl (C=O) groups excluding carboxylic acids is 1. The second-order valence-corrected chi connectivity index (χ2v) is 8.84. The van der Waals surface area contributed by atoms with Crippen LogP contribution in [0.4, 0.5) is 0 Å². The van der Waals surface area contributed by atoms with E-state index in [9.17, 15) is 4.79 Å². The summed E-state index contributed by atoms with van der Waals surface area (Å²) in [4.78, 5) is 15.6.